The summed E-state index contributed by atoms with van der Waals surface area (Å²) in [6, 6.07) is 0. The van der Waals surface area contributed by atoms with Crippen LogP contribution in [0.1, 0.15) is 20.8 Å². The molecule has 0 fully saturated rings. The fraction of sp³-hybridized carbons (Fsp3) is 0.875. The van der Waals surface area contributed by atoms with Crippen LogP contribution in [0.3, 0.4) is 0 Å². The van der Waals surface area contributed by atoms with E-state index in [2.05, 4.69) is 10.6 Å². The molecule has 0 aliphatic heterocycles. The Bertz CT molecular complexity index is 157. The van der Waals surface area contributed by atoms with Crippen LogP contribution in [-0.2, 0) is 4.74 Å². The summed E-state index contributed by atoms with van der Waals surface area (Å²) < 4.78 is 5.04. The first-order valence-corrected chi connectivity index (χ1v) is 4.63. The van der Waals surface area contributed by atoms with Crippen LogP contribution in [0.2, 0.25) is 0 Å². The molecule has 2 N–H and O–H groups in total. The van der Waals surface area contributed by atoms with Crippen molar-refractivity contribution in [2.24, 2.45) is 0 Å². The average molecular weight is 186 g/mol. The molecule has 0 bridgehead atoms. The van der Waals surface area contributed by atoms with Gasteiger partial charge < -0.3 is 15.4 Å². The number of carbonyl (C=O) groups is 1. The first kappa shape index (κ1) is 12.3. The fourth-order valence-corrected chi connectivity index (χ4v) is 0.744. The van der Waals surface area contributed by atoms with Crippen LogP contribution >= 0.6 is 0 Å². The van der Waals surface area contributed by atoms with Crippen LogP contribution in [0.25, 0.3) is 0 Å². The van der Waals surface area contributed by atoms with Crippen LogP contribution in [-0.4, -0.2) is 39.1 Å². The first-order chi connectivity index (χ1) is 5.95. The number of amides is 1. The summed E-state index contributed by atoms with van der Waals surface area (Å²) in [5.41, 5.74) is -0.414. The molecule has 0 saturated heterocycles. The number of hydrogen-bond acceptors (Lipinski definition) is 3. The molecule has 0 aliphatic rings. The van der Waals surface area contributed by atoms with Gasteiger partial charge in [-0.3, -0.25) is 0 Å². The highest BCUT2D eigenvalue weighted by molar-refractivity contribution is 6.08. The zero-order valence-electron chi connectivity index (χ0n) is 8.94. The highest BCUT2D eigenvalue weighted by atomic mass is 16.6. The molecule has 0 rings (SSSR count). The predicted molar refractivity (Wildman–Crippen MR) is 55.7 cm³/mol. The second-order valence-electron chi connectivity index (χ2n) is 3.78. The van der Waals surface area contributed by atoms with E-state index in [1.165, 1.54) is 0 Å². The van der Waals surface area contributed by atoms with Crippen molar-refractivity contribution in [2.45, 2.75) is 26.4 Å². The molecule has 0 aromatic heterocycles. The molecule has 0 aromatic rings. The minimum absolute atomic E-state index is 0.356. The highest BCUT2D eigenvalue weighted by Gasteiger charge is 2.15. The van der Waals surface area contributed by atoms with Crippen molar-refractivity contribution in [2.75, 3.05) is 19.5 Å². The van der Waals surface area contributed by atoms with Gasteiger partial charge in [0.25, 0.3) is 0 Å². The lowest BCUT2D eigenvalue weighted by molar-refractivity contribution is 0.0528. The molecule has 0 unspecified atom stereocenters. The number of ether oxygens (including phenoxy) is 1. The third-order valence-electron chi connectivity index (χ3n) is 1.22. The maximum Gasteiger partial charge on any atom is 0.407 e. The summed E-state index contributed by atoms with van der Waals surface area (Å²) in [6.45, 7) is 6.91. The Hall–Kier alpha value is -0.705. The van der Waals surface area contributed by atoms with Gasteiger partial charge in [0.05, 0.1) is 0 Å². The maximum absolute atomic E-state index is 11.1. The first-order valence-electron chi connectivity index (χ1n) is 4.63. The van der Waals surface area contributed by atoms with Gasteiger partial charge in [0.1, 0.15) is 13.4 Å². The summed E-state index contributed by atoms with van der Waals surface area (Å²) >= 11 is 0. The Kier molecular flexibility index (Phi) is 5.54. The van der Waals surface area contributed by atoms with Gasteiger partial charge in [-0.25, -0.2) is 4.79 Å². The summed E-state index contributed by atoms with van der Waals surface area (Å²) in [5.74, 6) is 0. The van der Waals surface area contributed by atoms with E-state index in [-0.39, 0.29) is 6.09 Å². The molecule has 0 saturated carbocycles. The lowest BCUT2D eigenvalue weighted by atomic mass is 10.2. The van der Waals surface area contributed by atoms with E-state index >= 15 is 0 Å². The van der Waals surface area contributed by atoms with E-state index in [1.54, 1.807) is 0 Å². The van der Waals surface area contributed by atoms with Gasteiger partial charge in [0, 0.05) is 13.1 Å². The quantitative estimate of drug-likeness (QED) is 0.467. The van der Waals surface area contributed by atoms with Gasteiger partial charge in [0.2, 0.25) is 0 Å². The van der Waals surface area contributed by atoms with E-state index in [4.69, 9.17) is 4.74 Å². The van der Waals surface area contributed by atoms with Gasteiger partial charge in [-0.1, -0.05) is 0 Å². The van der Waals surface area contributed by atoms with Crippen molar-refractivity contribution >= 4 is 13.9 Å². The number of carbonyl (C=O) groups excluding carboxylic acids is 1. The van der Waals surface area contributed by atoms with Crippen molar-refractivity contribution in [3.05, 3.63) is 0 Å². The lowest BCUT2D eigenvalue weighted by Crippen LogP contribution is -2.36. The number of rotatable bonds is 4. The van der Waals surface area contributed by atoms with Crippen LogP contribution in [0, 0.1) is 0 Å². The van der Waals surface area contributed by atoms with E-state index in [9.17, 15) is 4.79 Å². The van der Waals surface area contributed by atoms with Crippen LogP contribution in [0.15, 0.2) is 0 Å². The molecule has 0 aliphatic carbocycles. The Labute approximate surface area is 80.8 Å². The molecule has 1 amide bonds. The topological polar surface area (TPSA) is 50.4 Å². The van der Waals surface area contributed by atoms with Gasteiger partial charge in [0.15, 0.2) is 0 Å². The largest absolute Gasteiger partial charge is 0.444 e. The highest BCUT2D eigenvalue weighted by Crippen LogP contribution is 2.05. The maximum atomic E-state index is 11.1. The number of hydrogen-bond donors (Lipinski definition) is 2. The summed E-state index contributed by atoms with van der Waals surface area (Å²) in [6.07, 6.45) is 0.557. The van der Waals surface area contributed by atoms with Gasteiger partial charge in [-0.05, 0) is 27.2 Å². The molecule has 0 heterocycles. The standard InChI is InChI=1S/C8H19BN2O2/c1-8(2,3)13-7(12)11-5-4-10-6-9/h10H,4-6,9H2,1-3H3,(H,11,12). The van der Waals surface area contributed by atoms with E-state index < -0.39 is 5.60 Å². The Balaban J connectivity index is 3.41. The summed E-state index contributed by atoms with van der Waals surface area (Å²) in [7, 11) is 2.02. The van der Waals surface area contributed by atoms with Crippen molar-refractivity contribution in [1.29, 1.82) is 0 Å². The monoisotopic (exact) mass is 186 g/mol. The third-order valence-corrected chi connectivity index (χ3v) is 1.22. The fourth-order valence-electron chi connectivity index (χ4n) is 0.744. The zero-order chi connectivity index (χ0) is 10.3. The van der Waals surface area contributed by atoms with Gasteiger partial charge >= 0.3 is 6.09 Å². The smallest absolute Gasteiger partial charge is 0.407 e. The Morgan fingerprint density at radius 1 is 1.38 bits per heavy atom. The van der Waals surface area contributed by atoms with Gasteiger partial charge in [-0.2, -0.15) is 0 Å². The zero-order valence-corrected chi connectivity index (χ0v) is 8.94. The predicted octanol–water partition coefficient (Wildman–Crippen LogP) is -0.309. The molecule has 0 atom stereocenters. The van der Waals surface area contributed by atoms with Crippen LogP contribution in [0.4, 0.5) is 4.79 Å². The SMILES string of the molecule is BCNCCNC(=O)OC(C)(C)C. The minimum Gasteiger partial charge on any atom is -0.444 e. The normalized spacial score (nSPS) is 11.0. The second kappa shape index (κ2) is 5.86. The molecular formula is C8H19BN2O2. The summed E-state index contributed by atoms with van der Waals surface area (Å²) in [4.78, 5) is 11.1. The van der Waals surface area contributed by atoms with E-state index in [1.807, 2.05) is 28.6 Å². The van der Waals surface area contributed by atoms with E-state index in [0.717, 1.165) is 13.0 Å². The molecule has 13 heavy (non-hydrogen) atoms. The van der Waals surface area contributed by atoms with Gasteiger partial charge in [-0.15, -0.1) is 0 Å². The Morgan fingerprint density at radius 2 is 2.00 bits per heavy atom. The second-order valence-corrected chi connectivity index (χ2v) is 3.78. The van der Waals surface area contributed by atoms with Crippen molar-refractivity contribution < 1.29 is 9.53 Å². The molecule has 0 radical (unpaired) electrons. The molecule has 5 heteroatoms. The number of alkyl carbamates (subject to hydrolysis) is 1. The molecule has 0 aromatic carbocycles. The average Bonchev–Trinajstić information content (AvgIpc) is 1.94. The van der Waals surface area contributed by atoms with Crippen LogP contribution < -0.4 is 10.6 Å². The molecule has 0 spiro atoms. The van der Waals surface area contributed by atoms with Crippen molar-refractivity contribution in [3.8, 4) is 0 Å². The van der Waals surface area contributed by atoms with Crippen molar-refractivity contribution in [3.63, 3.8) is 0 Å². The molecular weight excluding hydrogens is 167 g/mol. The Morgan fingerprint density at radius 3 is 2.46 bits per heavy atom. The molecule has 4 nitrogen and oxygen atoms in total. The van der Waals surface area contributed by atoms with E-state index in [0.29, 0.717) is 6.54 Å². The number of nitrogens with one attached hydrogen (secondary N) is 2. The minimum atomic E-state index is -0.414. The lowest BCUT2D eigenvalue weighted by Gasteiger charge is -2.19. The third kappa shape index (κ3) is 9.21. The summed E-state index contributed by atoms with van der Waals surface area (Å²) in [5, 5.41) is 5.75. The molecule has 76 valence electrons. The van der Waals surface area contributed by atoms with Crippen LogP contribution in [0.5, 0.6) is 0 Å². The van der Waals surface area contributed by atoms with Crippen molar-refractivity contribution in [1.82, 2.24) is 10.6 Å².